The number of benzene rings is 1. The van der Waals surface area contributed by atoms with E-state index in [0.29, 0.717) is 5.69 Å². The van der Waals surface area contributed by atoms with Crippen molar-refractivity contribution in [3.8, 4) is 11.4 Å². The van der Waals surface area contributed by atoms with Gasteiger partial charge in [-0.2, -0.15) is 8.78 Å². The molecule has 0 saturated carbocycles. The van der Waals surface area contributed by atoms with Crippen molar-refractivity contribution in [1.29, 1.82) is 0 Å². The number of alkyl halides is 2. The maximum absolute atomic E-state index is 12.1. The molecule has 2 rings (SSSR count). The molecule has 0 amide bonds. The Morgan fingerprint density at radius 2 is 2.17 bits per heavy atom. The van der Waals surface area contributed by atoms with Crippen molar-refractivity contribution in [2.45, 2.75) is 6.61 Å². The third-order valence-electron chi connectivity index (χ3n) is 2.12. The summed E-state index contributed by atoms with van der Waals surface area (Å²) in [5.41, 5.74) is 0.0351. The van der Waals surface area contributed by atoms with Crippen LogP contribution in [0, 0.1) is 0 Å². The molecule has 94 valence electrons. The normalized spacial score (nSPS) is 10.7. The minimum Gasteiger partial charge on any atom is -0.435 e. The van der Waals surface area contributed by atoms with Crippen molar-refractivity contribution in [3.05, 3.63) is 51.6 Å². The lowest BCUT2D eigenvalue weighted by atomic mass is 10.3. The van der Waals surface area contributed by atoms with Crippen LogP contribution >= 0.6 is 15.9 Å². The molecule has 0 unspecified atom stereocenters. The monoisotopic (exact) mass is 316 g/mol. The van der Waals surface area contributed by atoms with Gasteiger partial charge in [0.2, 0.25) is 0 Å². The number of halogens is 3. The average molecular weight is 317 g/mol. The molecular formula is C11H7BrF2N2O2. The maximum Gasteiger partial charge on any atom is 0.387 e. The van der Waals surface area contributed by atoms with E-state index in [-0.39, 0.29) is 15.9 Å². The van der Waals surface area contributed by atoms with Gasteiger partial charge in [-0.25, -0.2) is 4.98 Å². The van der Waals surface area contributed by atoms with Crippen LogP contribution in [0.1, 0.15) is 0 Å². The van der Waals surface area contributed by atoms with Crippen molar-refractivity contribution in [2.75, 3.05) is 0 Å². The van der Waals surface area contributed by atoms with Crippen LogP contribution in [0.2, 0.25) is 0 Å². The van der Waals surface area contributed by atoms with Crippen molar-refractivity contribution >= 4 is 15.9 Å². The van der Waals surface area contributed by atoms with E-state index >= 15 is 0 Å². The summed E-state index contributed by atoms with van der Waals surface area (Å²) in [6.45, 7) is -2.90. The highest BCUT2D eigenvalue weighted by molar-refractivity contribution is 9.10. The van der Waals surface area contributed by atoms with Crippen LogP contribution in [0.4, 0.5) is 8.78 Å². The van der Waals surface area contributed by atoms with Crippen LogP contribution in [-0.4, -0.2) is 16.2 Å². The van der Waals surface area contributed by atoms with Gasteiger partial charge in [0, 0.05) is 18.5 Å². The summed E-state index contributed by atoms with van der Waals surface area (Å²) < 4.78 is 29.9. The topological polar surface area (TPSA) is 44.1 Å². The molecule has 4 nitrogen and oxygen atoms in total. The smallest absolute Gasteiger partial charge is 0.387 e. The SMILES string of the molecule is O=c1c(Br)nccn1-c1cccc(OC(F)F)c1. The standard InChI is InChI=1S/C11H7BrF2N2O2/c12-9-10(17)16(5-4-15-9)7-2-1-3-8(6-7)18-11(13)14/h1-6,11H. The van der Waals surface area contributed by atoms with Gasteiger partial charge < -0.3 is 4.74 Å². The Hall–Kier alpha value is -1.76. The minimum atomic E-state index is -2.90. The molecule has 0 aliphatic rings. The van der Waals surface area contributed by atoms with Crippen LogP contribution in [-0.2, 0) is 0 Å². The van der Waals surface area contributed by atoms with Crippen LogP contribution in [0.3, 0.4) is 0 Å². The predicted octanol–water partition coefficient (Wildman–Crippen LogP) is 2.60. The number of rotatable bonds is 3. The predicted molar refractivity (Wildman–Crippen MR) is 64.2 cm³/mol. The first-order chi connectivity index (χ1) is 8.58. The van der Waals surface area contributed by atoms with Gasteiger partial charge in [0.15, 0.2) is 4.60 Å². The second-order valence-corrected chi connectivity index (χ2v) is 4.02. The lowest BCUT2D eigenvalue weighted by Gasteiger charge is -2.08. The average Bonchev–Trinajstić information content (AvgIpc) is 2.32. The van der Waals surface area contributed by atoms with Gasteiger partial charge in [-0.1, -0.05) is 6.07 Å². The van der Waals surface area contributed by atoms with E-state index in [4.69, 9.17) is 0 Å². The van der Waals surface area contributed by atoms with E-state index < -0.39 is 6.61 Å². The van der Waals surface area contributed by atoms with E-state index in [1.807, 2.05) is 0 Å². The molecule has 0 saturated heterocycles. The van der Waals surface area contributed by atoms with E-state index in [2.05, 4.69) is 25.7 Å². The number of hydrogen-bond donors (Lipinski definition) is 0. The molecule has 7 heteroatoms. The Bertz CT molecular complexity index is 616. The van der Waals surface area contributed by atoms with Crippen molar-refractivity contribution in [2.24, 2.45) is 0 Å². The third-order valence-corrected chi connectivity index (χ3v) is 2.66. The van der Waals surface area contributed by atoms with E-state index in [0.717, 1.165) is 0 Å². The molecular weight excluding hydrogens is 310 g/mol. The summed E-state index contributed by atoms with van der Waals surface area (Å²) in [5, 5.41) is 0. The summed E-state index contributed by atoms with van der Waals surface area (Å²) in [6.07, 6.45) is 2.86. The van der Waals surface area contributed by atoms with Crippen LogP contribution in [0.25, 0.3) is 5.69 Å². The maximum atomic E-state index is 12.1. The molecule has 1 heterocycles. The Morgan fingerprint density at radius 1 is 1.39 bits per heavy atom. The Balaban J connectivity index is 2.45. The van der Waals surface area contributed by atoms with Gasteiger partial charge >= 0.3 is 6.61 Å². The molecule has 0 fully saturated rings. The summed E-state index contributed by atoms with van der Waals surface area (Å²) in [4.78, 5) is 15.5. The first kappa shape index (κ1) is 12.7. The lowest BCUT2D eigenvalue weighted by Crippen LogP contribution is -2.19. The molecule has 0 aliphatic carbocycles. The number of aromatic nitrogens is 2. The number of hydrogen-bond acceptors (Lipinski definition) is 3. The van der Waals surface area contributed by atoms with Gasteiger partial charge in [0.25, 0.3) is 5.56 Å². The highest BCUT2D eigenvalue weighted by Crippen LogP contribution is 2.17. The fourth-order valence-electron chi connectivity index (χ4n) is 1.40. The third kappa shape index (κ3) is 2.73. The zero-order valence-corrected chi connectivity index (χ0v) is 10.5. The zero-order chi connectivity index (χ0) is 13.1. The summed E-state index contributed by atoms with van der Waals surface area (Å²) in [5.74, 6) is -0.0117. The largest absolute Gasteiger partial charge is 0.435 e. The molecule has 0 N–H and O–H groups in total. The van der Waals surface area contributed by atoms with Crippen LogP contribution < -0.4 is 10.3 Å². The molecule has 18 heavy (non-hydrogen) atoms. The second-order valence-electron chi connectivity index (χ2n) is 3.27. The number of ether oxygens (including phenoxy) is 1. The molecule has 2 aromatic rings. The molecule has 0 spiro atoms. The molecule has 0 radical (unpaired) electrons. The quantitative estimate of drug-likeness (QED) is 0.874. The van der Waals surface area contributed by atoms with Gasteiger partial charge in [-0.3, -0.25) is 9.36 Å². The highest BCUT2D eigenvalue weighted by Gasteiger charge is 2.07. The molecule has 1 aromatic carbocycles. The van der Waals surface area contributed by atoms with Crippen molar-refractivity contribution in [3.63, 3.8) is 0 Å². The minimum absolute atomic E-state index is 0.0117. The van der Waals surface area contributed by atoms with Crippen molar-refractivity contribution < 1.29 is 13.5 Å². The summed E-state index contributed by atoms with van der Waals surface area (Å²) >= 11 is 3.01. The first-order valence-corrected chi connectivity index (χ1v) is 5.65. The lowest BCUT2D eigenvalue weighted by molar-refractivity contribution is -0.0498. The summed E-state index contributed by atoms with van der Waals surface area (Å²) in [7, 11) is 0. The van der Waals surface area contributed by atoms with Gasteiger partial charge in [-0.15, -0.1) is 0 Å². The molecule has 1 aromatic heterocycles. The van der Waals surface area contributed by atoms with E-state index in [1.165, 1.54) is 35.2 Å². The van der Waals surface area contributed by atoms with Gasteiger partial charge in [0.05, 0.1) is 5.69 Å². The Kier molecular flexibility index (Phi) is 3.71. The highest BCUT2D eigenvalue weighted by atomic mass is 79.9. The van der Waals surface area contributed by atoms with Gasteiger partial charge in [0.1, 0.15) is 5.75 Å². The van der Waals surface area contributed by atoms with E-state index in [1.54, 1.807) is 6.07 Å². The molecule has 0 atom stereocenters. The fourth-order valence-corrected chi connectivity index (χ4v) is 1.71. The van der Waals surface area contributed by atoms with Crippen molar-refractivity contribution in [1.82, 2.24) is 9.55 Å². The first-order valence-electron chi connectivity index (χ1n) is 4.86. The Morgan fingerprint density at radius 3 is 2.89 bits per heavy atom. The zero-order valence-electron chi connectivity index (χ0n) is 8.89. The van der Waals surface area contributed by atoms with Crippen LogP contribution in [0.15, 0.2) is 46.1 Å². The number of nitrogens with zero attached hydrogens (tertiary/aromatic N) is 2. The summed E-state index contributed by atoms with van der Waals surface area (Å²) in [6, 6.07) is 5.86. The molecule has 0 bridgehead atoms. The second kappa shape index (κ2) is 5.26. The van der Waals surface area contributed by atoms with Crippen LogP contribution in [0.5, 0.6) is 5.75 Å². The molecule has 0 aliphatic heterocycles. The Labute approximate surface area is 109 Å². The van der Waals surface area contributed by atoms with Gasteiger partial charge in [-0.05, 0) is 28.1 Å². The fraction of sp³-hybridized carbons (Fsp3) is 0.0909. The van der Waals surface area contributed by atoms with E-state index in [9.17, 15) is 13.6 Å².